The number of hydrogen-bond donors (Lipinski definition) is 0. The van der Waals surface area contributed by atoms with Gasteiger partial charge in [-0.2, -0.15) is 0 Å². The fourth-order valence-corrected chi connectivity index (χ4v) is 4.33. The van der Waals surface area contributed by atoms with Crippen LogP contribution in [0.2, 0.25) is 0 Å². The molecule has 0 amide bonds. The second-order valence-electron chi connectivity index (χ2n) is 7.17. The van der Waals surface area contributed by atoms with Crippen LogP contribution >= 0.6 is 11.3 Å². The Bertz CT molecular complexity index is 373. The Morgan fingerprint density at radius 1 is 0.708 bits per heavy atom. The minimum atomic E-state index is 1.26. The van der Waals surface area contributed by atoms with Gasteiger partial charge in [-0.15, -0.1) is 11.3 Å². The molecule has 1 heterocycles. The van der Waals surface area contributed by atoms with E-state index < -0.39 is 0 Å². The lowest BCUT2D eigenvalue weighted by molar-refractivity contribution is 0.608. The average Bonchev–Trinajstić information content (AvgIpc) is 3.06. The average molecular weight is 352 g/mol. The minimum Gasteiger partial charge on any atom is -0.363 e. The van der Waals surface area contributed by atoms with Gasteiger partial charge in [0.25, 0.3) is 0 Å². The molecule has 0 aliphatic carbocycles. The van der Waals surface area contributed by atoms with Gasteiger partial charge in [0.15, 0.2) is 0 Å². The van der Waals surface area contributed by atoms with Gasteiger partial charge in [0.05, 0.1) is 5.00 Å². The van der Waals surface area contributed by atoms with Gasteiger partial charge in [-0.25, -0.2) is 0 Å². The predicted molar refractivity (Wildman–Crippen MR) is 113 cm³/mol. The predicted octanol–water partition coefficient (Wildman–Crippen LogP) is 7.84. The molecular weight excluding hydrogens is 310 g/mol. The van der Waals surface area contributed by atoms with Crippen LogP contribution in [-0.4, -0.2) is 13.1 Å². The minimum absolute atomic E-state index is 1.26. The highest BCUT2D eigenvalue weighted by atomic mass is 32.1. The summed E-state index contributed by atoms with van der Waals surface area (Å²) in [5.41, 5.74) is 1.61. The van der Waals surface area contributed by atoms with Crippen molar-refractivity contribution >= 4 is 16.3 Å². The summed E-state index contributed by atoms with van der Waals surface area (Å²) in [6.07, 6.45) is 17.7. The van der Waals surface area contributed by atoms with E-state index in [1.807, 2.05) is 11.3 Å². The number of aryl methyl sites for hydroxylation is 1. The van der Waals surface area contributed by atoms with Gasteiger partial charge in [0.2, 0.25) is 0 Å². The molecule has 0 unspecified atom stereocenters. The van der Waals surface area contributed by atoms with Crippen LogP contribution in [0, 0.1) is 0 Å². The number of rotatable bonds is 16. The van der Waals surface area contributed by atoms with Gasteiger partial charge in [0, 0.05) is 13.1 Å². The van der Waals surface area contributed by atoms with Crippen molar-refractivity contribution in [3.63, 3.8) is 0 Å². The molecule has 1 aromatic rings. The Balaban J connectivity index is 2.54. The highest BCUT2D eigenvalue weighted by Crippen LogP contribution is 2.30. The van der Waals surface area contributed by atoms with Gasteiger partial charge in [-0.1, -0.05) is 78.6 Å². The number of hydrogen-bond acceptors (Lipinski definition) is 2. The Labute approximate surface area is 155 Å². The van der Waals surface area contributed by atoms with E-state index in [0.29, 0.717) is 0 Å². The van der Waals surface area contributed by atoms with E-state index in [-0.39, 0.29) is 0 Å². The largest absolute Gasteiger partial charge is 0.363 e. The molecule has 0 radical (unpaired) electrons. The van der Waals surface area contributed by atoms with Crippen molar-refractivity contribution in [3.05, 3.63) is 17.0 Å². The number of nitrogens with zero attached hydrogens (tertiary/aromatic N) is 1. The molecule has 0 aromatic carbocycles. The van der Waals surface area contributed by atoms with Crippen molar-refractivity contribution in [2.75, 3.05) is 18.0 Å². The zero-order valence-electron chi connectivity index (χ0n) is 16.6. The summed E-state index contributed by atoms with van der Waals surface area (Å²) in [6, 6.07) is 2.39. The van der Waals surface area contributed by atoms with Crippen LogP contribution in [-0.2, 0) is 6.42 Å². The van der Waals surface area contributed by atoms with Gasteiger partial charge in [-0.3, -0.25) is 0 Å². The third-order valence-corrected chi connectivity index (χ3v) is 5.89. The van der Waals surface area contributed by atoms with Gasteiger partial charge in [-0.05, 0) is 42.7 Å². The maximum Gasteiger partial charge on any atom is 0.0941 e. The van der Waals surface area contributed by atoms with Crippen LogP contribution in [0.4, 0.5) is 5.00 Å². The first-order valence-electron chi connectivity index (χ1n) is 10.6. The van der Waals surface area contributed by atoms with Crippen LogP contribution in [0.3, 0.4) is 0 Å². The highest BCUT2D eigenvalue weighted by Gasteiger charge is 2.12. The standard InChI is InChI=1S/C22H41NS/c1-4-7-10-13-16-21-17-20-24-22(21)23(18-14-11-8-5-2)19-15-12-9-6-3/h17,20H,4-16,18-19H2,1-3H3. The van der Waals surface area contributed by atoms with Gasteiger partial charge >= 0.3 is 0 Å². The van der Waals surface area contributed by atoms with Crippen LogP contribution < -0.4 is 4.90 Å². The van der Waals surface area contributed by atoms with Crippen molar-refractivity contribution in [1.29, 1.82) is 0 Å². The first kappa shape index (κ1) is 21.5. The molecule has 0 saturated heterocycles. The molecule has 1 nitrogen and oxygen atoms in total. The Hall–Kier alpha value is -0.500. The third kappa shape index (κ3) is 9.11. The summed E-state index contributed by atoms with van der Waals surface area (Å²) in [7, 11) is 0. The van der Waals surface area contributed by atoms with E-state index in [2.05, 4.69) is 37.1 Å². The lowest BCUT2D eigenvalue weighted by Crippen LogP contribution is -2.25. The zero-order chi connectivity index (χ0) is 17.5. The number of thiophene rings is 1. The molecule has 1 rings (SSSR count). The summed E-state index contributed by atoms with van der Waals surface area (Å²) in [5.74, 6) is 0. The van der Waals surface area contributed by atoms with Crippen molar-refractivity contribution in [3.8, 4) is 0 Å². The van der Waals surface area contributed by atoms with E-state index in [4.69, 9.17) is 0 Å². The van der Waals surface area contributed by atoms with Crippen LogP contribution in [0.25, 0.3) is 0 Å². The normalized spacial score (nSPS) is 11.1. The van der Waals surface area contributed by atoms with Crippen molar-refractivity contribution in [1.82, 2.24) is 0 Å². The maximum atomic E-state index is 2.71. The van der Waals surface area contributed by atoms with Crippen molar-refractivity contribution in [2.45, 2.75) is 104 Å². The van der Waals surface area contributed by atoms with Gasteiger partial charge < -0.3 is 4.90 Å². The zero-order valence-corrected chi connectivity index (χ0v) is 17.4. The molecule has 0 bridgehead atoms. The fraction of sp³-hybridized carbons (Fsp3) is 0.818. The Kier molecular flexibility index (Phi) is 13.3. The second kappa shape index (κ2) is 14.8. The SMILES string of the molecule is CCCCCCc1ccsc1N(CCCCCC)CCCCCC. The van der Waals surface area contributed by atoms with E-state index >= 15 is 0 Å². The summed E-state index contributed by atoms with van der Waals surface area (Å²) in [4.78, 5) is 2.71. The molecule has 0 aliphatic heterocycles. The second-order valence-corrected chi connectivity index (χ2v) is 8.06. The summed E-state index contributed by atoms with van der Waals surface area (Å²) in [5, 5.41) is 3.90. The molecule has 0 spiro atoms. The molecule has 0 saturated carbocycles. The first-order valence-corrected chi connectivity index (χ1v) is 11.5. The van der Waals surface area contributed by atoms with Crippen LogP contribution in [0.15, 0.2) is 11.4 Å². The molecule has 0 N–H and O–H groups in total. The Morgan fingerprint density at radius 2 is 1.25 bits per heavy atom. The summed E-state index contributed by atoms with van der Waals surface area (Å²) in [6.45, 7) is 9.42. The van der Waals surface area contributed by atoms with E-state index in [9.17, 15) is 0 Å². The van der Waals surface area contributed by atoms with Crippen LogP contribution in [0.5, 0.6) is 0 Å². The van der Waals surface area contributed by atoms with Crippen molar-refractivity contribution in [2.24, 2.45) is 0 Å². The fourth-order valence-electron chi connectivity index (χ4n) is 3.31. The monoisotopic (exact) mass is 351 g/mol. The summed E-state index contributed by atoms with van der Waals surface area (Å²) >= 11 is 1.97. The number of anilines is 1. The summed E-state index contributed by atoms with van der Waals surface area (Å²) < 4.78 is 0. The lowest BCUT2D eigenvalue weighted by atomic mass is 10.1. The van der Waals surface area contributed by atoms with E-state index in [1.165, 1.54) is 96.6 Å². The smallest absolute Gasteiger partial charge is 0.0941 e. The van der Waals surface area contributed by atoms with Crippen molar-refractivity contribution < 1.29 is 0 Å². The molecule has 24 heavy (non-hydrogen) atoms. The molecular formula is C22H41NS. The lowest BCUT2D eigenvalue weighted by Gasteiger charge is -2.25. The molecule has 1 aromatic heterocycles. The first-order chi connectivity index (χ1) is 11.8. The van der Waals surface area contributed by atoms with Crippen LogP contribution in [0.1, 0.15) is 103 Å². The molecule has 2 heteroatoms. The molecule has 0 fully saturated rings. The third-order valence-electron chi connectivity index (χ3n) is 4.87. The van der Waals surface area contributed by atoms with E-state index in [1.54, 1.807) is 10.6 Å². The molecule has 140 valence electrons. The topological polar surface area (TPSA) is 3.24 Å². The van der Waals surface area contributed by atoms with E-state index in [0.717, 1.165) is 0 Å². The Morgan fingerprint density at radius 3 is 1.79 bits per heavy atom. The van der Waals surface area contributed by atoms with Gasteiger partial charge in [0.1, 0.15) is 0 Å². The molecule has 0 aliphatic rings. The number of unbranched alkanes of at least 4 members (excludes halogenated alkanes) is 9. The molecule has 0 atom stereocenters. The highest BCUT2D eigenvalue weighted by molar-refractivity contribution is 7.14. The quantitative estimate of drug-likeness (QED) is 0.274. The maximum absolute atomic E-state index is 2.71.